The molecule has 0 fully saturated rings. The average molecular weight is 246 g/mol. The molecule has 0 aromatic carbocycles. The van der Waals surface area contributed by atoms with E-state index in [0.717, 1.165) is 11.5 Å². The summed E-state index contributed by atoms with van der Waals surface area (Å²) < 4.78 is 1.91. The SMILES string of the molecule is CC(C)CNC(=O)CNc1cccc2nccn12. The van der Waals surface area contributed by atoms with Crippen LogP contribution in [-0.2, 0) is 4.79 Å². The first-order valence-corrected chi connectivity index (χ1v) is 6.09. The van der Waals surface area contributed by atoms with E-state index in [2.05, 4.69) is 29.5 Å². The molecule has 0 aliphatic carbocycles. The number of hydrogen-bond donors (Lipinski definition) is 2. The Labute approximate surface area is 106 Å². The van der Waals surface area contributed by atoms with E-state index in [-0.39, 0.29) is 12.5 Å². The highest BCUT2D eigenvalue weighted by Crippen LogP contribution is 2.10. The lowest BCUT2D eigenvalue weighted by Gasteiger charge is -2.10. The van der Waals surface area contributed by atoms with Crippen LogP contribution in [0.1, 0.15) is 13.8 Å². The topological polar surface area (TPSA) is 58.4 Å². The highest BCUT2D eigenvalue weighted by Gasteiger charge is 2.04. The van der Waals surface area contributed by atoms with Gasteiger partial charge in [0.1, 0.15) is 11.5 Å². The number of rotatable bonds is 5. The van der Waals surface area contributed by atoms with Crippen LogP contribution in [-0.4, -0.2) is 28.4 Å². The predicted octanol–water partition coefficient (Wildman–Crippen LogP) is 1.52. The lowest BCUT2D eigenvalue weighted by molar-refractivity contribution is -0.119. The molecule has 0 radical (unpaired) electrons. The second kappa shape index (κ2) is 5.53. The van der Waals surface area contributed by atoms with E-state index >= 15 is 0 Å². The van der Waals surface area contributed by atoms with Crippen LogP contribution in [0.25, 0.3) is 5.65 Å². The summed E-state index contributed by atoms with van der Waals surface area (Å²) in [6.45, 7) is 5.11. The number of fused-ring (bicyclic) bond motifs is 1. The maximum Gasteiger partial charge on any atom is 0.239 e. The molecule has 0 saturated carbocycles. The molecule has 2 heterocycles. The van der Waals surface area contributed by atoms with E-state index in [9.17, 15) is 4.79 Å². The molecule has 0 unspecified atom stereocenters. The first-order valence-electron chi connectivity index (χ1n) is 6.09. The van der Waals surface area contributed by atoms with Crippen molar-refractivity contribution in [1.82, 2.24) is 14.7 Å². The van der Waals surface area contributed by atoms with E-state index in [4.69, 9.17) is 0 Å². The van der Waals surface area contributed by atoms with Gasteiger partial charge in [-0.1, -0.05) is 19.9 Å². The van der Waals surface area contributed by atoms with Gasteiger partial charge in [-0.15, -0.1) is 0 Å². The number of nitrogens with zero attached hydrogens (tertiary/aromatic N) is 2. The summed E-state index contributed by atoms with van der Waals surface area (Å²) in [6, 6.07) is 5.76. The van der Waals surface area contributed by atoms with Gasteiger partial charge in [0.15, 0.2) is 0 Å². The van der Waals surface area contributed by atoms with Crippen molar-refractivity contribution in [2.45, 2.75) is 13.8 Å². The van der Waals surface area contributed by atoms with Crippen molar-refractivity contribution < 1.29 is 4.79 Å². The van der Waals surface area contributed by atoms with Gasteiger partial charge in [0, 0.05) is 18.9 Å². The lowest BCUT2D eigenvalue weighted by Crippen LogP contribution is -2.32. The number of imidazole rings is 1. The van der Waals surface area contributed by atoms with E-state index in [1.165, 1.54) is 0 Å². The van der Waals surface area contributed by atoms with Crippen molar-refractivity contribution in [3.8, 4) is 0 Å². The Morgan fingerprint density at radius 3 is 3.06 bits per heavy atom. The zero-order valence-corrected chi connectivity index (χ0v) is 10.7. The van der Waals surface area contributed by atoms with Crippen LogP contribution in [0.15, 0.2) is 30.6 Å². The van der Waals surface area contributed by atoms with Crippen LogP contribution in [0.3, 0.4) is 0 Å². The van der Waals surface area contributed by atoms with E-state index in [0.29, 0.717) is 12.5 Å². The monoisotopic (exact) mass is 246 g/mol. The molecule has 5 heteroatoms. The Hall–Kier alpha value is -2.04. The molecule has 0 saturated heterocycles. The van der Waals surface area contributed by atoms with Gasteiger partial charge < -0.3 is 10.6 Å². The van der Waals surface area contributed by atoms with Crippen molar-refractivity contribution in [1.29, 1.82) is 0 Å². The number of anilines is 1. The Bertz CT molecular complexity index is 533. The molecule has 2 aromatic heterocycles. The fraction of sp³-hybridized carbons (Fsp3) is 0.385. The number of hydrogen-bond acceptors (Lipinski definition) is 3. The maximum atomic E-state index is 11.6. The second-order valence-corrected chi connectivity index (χ2v) is 4.62. The molecule has 96 valence electrons. The molecular weight excluding hydrogens is 228 g/mol. The van der Waals surface area contributed by atoms with Crippen LogP contribution in [0.4, 0.5) is 5.82 Å². The Morgan fingerprint density at radius 2 is 2.28 bits per heavy atom. The van der Waals surface area contributed by atoms with Crippen LogP contribution >= 0.6 is 0 Å². The first-order chi connectivity index (χ1) is 8.66. The molecule has 0 aliphatic heterocycles. The van der Waals surface area contributed by atoms with Crippen molar-refractivity contribution in [3.63, 3.8) is 0 Å². The minimum atomic E-state index is 0.000758. The van der Waals surface area contributed by atoms with E-state index < -0.39 is 0 Å². The fourth-order valence-corrected chi connectivity index (χ4v) is 1.64. The number of carbonyl (C=O) groups is 1. The second-order valence-electron chi connectivity index (χ2n) is 4.62. The maximum absolute atomic E-state index is 11.6. The van der Waals surface area contributed by atoms with Crippen LogP contribution < -0.4 is 10.6 Å². The van der Waals surface area contributed by atoms with Crippen molar-refractivity contribution in [2.75, 3.05) is 18.4 Å². The first kappa shape index (κ1) is 12.4. The summed E-state index contributed by atoms with van der Waals surface area (Å²) in [6.07, 6.45) is 3.60. The molecule has 2 aromatic rings. The molecule has 1 amide bonds. The van der Waals surface area contributed by atoms with Crippen LogP contribution in [0.5, 0.6) is 0 Å². The number of nitrogens with one attached hydrogen (secondary N) is 2. The molecular formula is C13H18N4O. The summed E-state index contributed by atoms with van der Waals surface area (Å²) >= 11 is 0. The van der Waals surface area contributed by atoms with Gasteiger partial charge in [-0.05, 0) is 18.1 Å². The largest absolute Gasteiger partial charge is 0.362 e. The molecule has 0 atom stereocenters. The number of amides is 1. The summed E-state index contributed by atoms with van der Waals surface area (Å²) in [5.74, 6) is 1.33. The minimum Gasteiger partial charge on any atom is -0.362 e. The Morgan fingerprint density at radius 1 is 1.44 bits per heavy atom. The number of aromatic nitrogens is 2. The quantitative estimate of drug-likeness (QED) is 0.841. The summed E-state index contributed by atoms with van der Waals surface area (Å²) in [7, 11) is 0. The average Bonchev–Trinajstić information content (AvgIpc) is 2.82. The van der Waals surface area contributed by atoms with Gasteiger partial charge in [-0.3, -0.25) is 9.20 Å². The van der Waals surface area contributed by atoms with Crippen molar-refractivity contribution in [2.24, 2.45) is 5.92 Å². The smallest absolute Gasteiger partial charge is 0.239 e. The Balaban J connectivity index is 1.94. The van der Waals surface area contributed by atoms with Crippen molar-refractivity contribution >= 4 is 17.4 Å². The number of pyridine rings is 1. The zero-order valence-electron chi connectivity index (χ0n) is 10.7. The number of carbonyl (C=O) groups excluding carboxylic acids is 1. The van der Waals surface area contributed by atoms with Crippen LogP contribution in [0, 0.1) is 5.92 Å². The van der Waals surface area contributed by atoms with Gasteiger partial charge in [0.05, 0.1) is 6.54 Å². The van der Waals surface area contributed by atoms with Gasteiger partial charge in [0.25, 0.3) is 0 Å². The molecule has 0 bridgehead atoms. The van der Waals surface area contributed by atoms with Gasteiger partial charge in [-0.25, -0.2) is 4.98 Å². The Kier molecular flexibility index (Phi) is 3.82. The highest BCUT2D eigenvalue weighted by atomic mass is 16.1. The summed E-state index contributed by atoms with van der Waals surface area (Å²) in [5, 5.41) is 5.98. The molecule has 0 aliphatic rings. The van der Waals surface area contributed by atoms with E-state index in [1.54, 1.807) is 6.20 Å². The molecule has 0 spiro atoms. The van der Waals surface area contributed by atoms with Crippen LogP contribution in [0.2, 0.25) is 0 Å². The third-order valence-electron chi connectivity index (χ3n) is 2.57. The molecule has 18 heavy (non-hydrogen) atoms. The normalized spacial score (nSPS) is 10.8. The van der Waals surface area contributed by atoms with Crippen molar-refractivity contribution in [3.05, 3.63) is 30.6 Å². The third kappa shape index (κ3) is 3.00. The zero-order chi connectivity index (χ0) is 13.0. The third-order valence-corrected chi connectivity index (χ3v) is 2.57. The molecule has 5 nitrogen and oxygen atoms in total. The predicted molar refractivity (Wildman–Crippen MR) is 71.5 cm³/mol. The van der Waals surface area contributed by atoms with Gasteiger partial charge in [0.2, 0.25) is 5.91 Å². The van der Waals surface area contributed by atoms with Gasteiger partial charge >= 0.3 is 0 Å². The minimum absolute atomic E-state index is 0.000758. The summed E-state index contributed by atoms with van der Waals surface area (Å²) in [4.78, 5) is 15.8. The summed E-state index contributed by atoms with van der Waals surface area (Å²) in [5.41, 5.74) is 0.864. The standard InChI is InChI=1S/C13H18N4O/c1-10(2)8-16-13(18)9-15-12-5-3-4-11-14-6-7-17(11)12/h3-7,10,15H,8-9H2,1-2H3,(H,16,18). The van der Waals surface area contributed by atoms with Gasteiger partial charge in [-0.2, -0.15) is 0 Å². The lowest BCUT2D eigenvalue weighted by atomic mass is 10.2. The van der Waals surface area contributed by atoms with E-state index in [1.807, 2.05) is 28.8 Å². The highest BCUT2D eigenvalue weighted by molar-refractivity contribution is 5.80. The molecule has 2 N–H and O–H groups in total. The molecule has 2 rings (SSSR count). The fourth-order valence-electron chi connectivity index (χ4n) is 1.64.